The summed E-state index contributed by atoms with van der Waals surface area (Å²) in [4.78, 5) is 26.9. The molecule has 3 aromatic rings. The molecule has 1 heterocycles. The molecular formula is C22H21BrN2O4S2. The first-order valence-corrected chi connectivity index (χ1v) is 11.8. The largest absolute Gasteiger partial charge is 0.467 e. The number of para-hydroxylation sites is 1. The lowest BCUT2D eigenvalue weighted by Crippen LogP contribution is -2.44. The van der Waals surface area contributed by atoms with Crippen molar-refractivity contribution in [3.63, 3.8) is 0 Å². The first-order chi connectivity index (χ1) is 15.0. The summed E-state index contributed by atoms with van der Waals surface area (Å²) < 4.78 is 11.2. The fraction of sp³-hybridized carbons (Fsp3) is 0.182. The van der Waals surface area contributed by atoms with E-state index in [2.05, 4.69) is 21.2 Å². The normalized spacial score (nSPS) is 12.6. The van der Waals surface area contributed by atoms with Gasteiger partial charge in [0.15, 0.2) is 0 Å². The Hall–Kier alpha value is -2.49. The summed E-state index contributed by atoms with van der Waals surface area (Å²) in [5, 5.41) is 4.12. The molecule has 1 aromatic heterocycles. The van der Waals surface area contributed by atoms with E-state index in [1.807, 2.05) is 60.0 Å². The number of anilines is 1. The molecule has 0 bridgehead atoms. The van der Waals surface area contributed by atoms with Crippen LogP contribution in [0.3, 0.4) is 0 Å². The molecule has 6 nitrogen and oxygen atoms in total. The number of carbonyl (C=O) groups is 2. The molecule has 9 heteroatoms. The zero-order valence-electron chi connectivity index (χ0n) is 16.6. The predicted octanol–water partition coefficient (Wildman–Crippen LogP) is 5.39. The Labute approximate surface area is 197 Å². The molecule has 1 unspecified atom stereocenters. The maximum absolute atomic E-state index is 12.7. The van der Waals surface area contributed by atoms with Crippen LogP contribution in [0.1, 0.15) is 15.7 Å². The number of halogens is 1. The van der Waals surface area contributed by atoms with Crippen LogP contribution in [-0.2, 0) is 20.9 Å². The maximum Gasteiger partial charge on any atom is 0.408 e. The third-order valence-electron chi connectivity index (χ3n) is 4.29. The lowest BCUT2D eigenvalue weighted by atomic mass is 10.1. The molecule has 0 aliphatic carbocycles. The second-order valence-electron chi connectivity index (χ2n) is 6.45. The van der Waals surface area contributed by atoms with Crippen molar-refractivity contribution in [1.29, 1.82) is 0 Å². The van der Waals surface area contributed by atoms with E-state index in [4.69, 9.17) is 15.2 Å². The van der Waals surface area contributed by atoms with E-state index in [0.717, 1.165) is 19.8 Å². The molecule has 2 atom stereocenters. The monoisotopic (exact) mass is 520 g/mol. The van der Waals surface area contributed by atoms with Gasteiger partial charge in [0.05, 0.1) is 12.4 Å². The van der Waals surface area contributed by atoms with Crippen LogP contribution in [0.15, 0.2) is 75.4 Å². The number of nitrogens with two attached hydrogens (primary N) is 1. The molecule has 1 amide bonds. The number of esters is 1. The minimum Gasteiger partial charge on any atom is -0.467 e. The lowest BCUT2D eigenvalue weighted by molar-refractivity contribution is -0.143. The number of amides is 1. The predicted molar refractivity (Wildman–Crippen MR) is 127 cm³/mol. The van der Waals surface area contributed by atoms with E-state index in [1.165, 1.54) is 30.2 Å². The summed E-state index contributed by atoms with van der Waals surface area (Å²) in [5.74, 6) is -0.576. The number of ether oxygens (including phenoxy) is 2. The molecule has 0 saturated carbocycles. The highest BCUT2D eigenvalue weighted by molar-refractivity contribution is 9.10. The van der Waals surface area contributed by atoms with Crippen LogP contribution in [-0.4, -0.2) is 25.2 Å². The van der Waals surface area contributed by atoms with Gasteiger partial charge in [0.2, 0.25) is 0 Å². The van der Waals surface area contributed by atoms with Gasteiger partial charge in [-0.2, -0.15) is 0 Å². The van der Waals surface area contributed by atoms with E-state index in [1.54, 1.807) is 6.07 Å². The Morgan fingerprint density at radius 1 is 1.16 bits per heavy atom. The van der Waals surface area contributed by atoms with Crippen molar-refractivity contribution < 1.29 is 19.1 Å². The van der Waals surface area contributed by atoms with Crippen molar-refractivity contribution in [1.82, 2.24) is 5.32 Å². The average molecular weight is 521 g/mol. The Kier molecular flexibility index (Phi) is 8.39. The van der Waals surface area contributed by atoms with Crippen molar-refractivity contribution >= 4 is 56.8 Å². The molecule has 0 fully saturated rings. The summed E-state index contributed by atoms with van der Waals surface area (Å²) in [6.45, 7) is 0.0918. The molecule has 162 valence electrons. The van der Waals surface area contributed by atoms with Crippen LogP contribution < -0.4 is 11.1 Å². The molecular weight excluding hydrogens is 500 g/mol. The molecule has 31 heavy (non-hydrogen) atoms. The minimum absolute atomic E-state index is 0.0918. The third kappa shape index (κ3) is 6.49. The van der Waals surface area contributed by atoms with Crippen LogP contribution in [0, 0.1) is 0 Å². The fourth-order valence-corrected chi connectivity index (χ4v) is 5.68. The highest BCUT2D eigenvalue weighted by Gasteiger charge is 2.35. The summed E-state index contributed by atoms with van der Waals surface area (Å²) in [6.07, 6.45) is -0.707. The zero-order valence-corrected chi connectivity index (χ0v) is 19.8. The summed E-state index contributed by atoms with van der Waals surface area (Å²) >= 11 is 6.30. The maximum atomic E-state index is 12.7. The third-order valence-corrected chi connectivity index (χ3v) is 7.62. The van der Waals surface area contributed by atoms with Gasteiger partial charge in [-0.1, -0.05) is 42.5 Å². The number of alkyl carbamates (subject to hydrolysis) is 1. The summed E-state index contributed by atoms with van der Waals surface area (Å²) in [5.41, 5.74) is 7.55. The van der Waals surface area contributed by atoms with Crippen molar-refractivity contribution in [3.8, 4) is 0 Å². The van der Waals surface area contributed by atoms with Gasteiger partial charge in [0.1, 0.15) is 12.6 Å². The average Bonchev–Trinajstić information content (AvgIpc) is 3.22. The van der Waals surface area contributed by atoms with Crippen LogP contribution in [0.4, 0.5) is 10.5 Å². The molecule has 0 spiro atoms. The molecule has 0 saturated heterocycles. The minimum atomic E-state index is -0.983. The van der Waals surface area contributed by atoms with E-state index < -0.39 is 23.4 Å². The number of hydrogen-bond acceptors (Lipinski definition) is 7. The summed E-state index contributed by atoms with van der Waals surface area (Å²) in [7, 11) is 1.29. The van der Waals surface area contributed by atoms with E-state index >= 15 is 0 Å². The van der Waals surface area contributed by atoms with E-state index in [9.17, 15) is 9.59 Å². The van der Waals surface area contributed by atoms with Crippen LogP contribution in [0.2, 0.25) is 0 Å². The summed E-state index contributed by atoms with van der Waals surface area (Å²) in [6, 6.07) is 17.6. The molecule has 2 aromatic carbocycles. The smallest absolute Gasteiger partial charge is 0.408 e. The van der Waals surface area contributed by atoms with Gasteiger partial charge in [0.25, 0.3) is 0 Å². The van der Waals surface area contributed by atoms with Crippen molar-refractivity contribution in [2.24, 2.45) is 0 Å². The standard InChI is InChI=1S/C22H21BrN2O4S2/c1-28-21(26)19(25-22(27)29-12-14-7-3-2-4-8-14)20(18-11-15(23)13-30-18)31-17-10-6-5-9-16(17)24/h2-11,13,19-20H,12,24H2,1H3,(H,25,27)/t19-,20?/m0/s1. The lowest BCUT2D eigenvalue weighted by Gasteiger charge is -2.25. The van der Waals surface area contributed by atoms with Crippen LogP contribution in [0.5, 0.6) is 0 Å². The van der Waals surface area contributed by atoms with E-state index in [0.29, 0.717) is 5.69 Å². The van der Waals surface area contributed by atoms with Gasteiger partial charge in [-0.3, -0.25) is 0 Å². The Balaban J connectivity index is 1.83. The van der Waals surface area contributed by atoms with Crippen LogP contribution in [0.25, 0.3) is 0 Å². The number of benzene rings is 2. The Morgan fingerprint density at radius 3 is 2.52 bits per heavy atom. The molecule has 0 radical (unpaired) electrons. The molecule has 0 aliphatic heterocycles. The van der Waals surface area contributed by atoms with Crippen molar-refractivity contribution in [3.05, 3.63) is 81.0 Å². The fourth-order valence-electron chi connectivity index (χ4n) is 2.77. The van der Waals surface area contributed by atoms with Gasteiger partial charge in [0, 0.05) is 25.3 Å². The quantitative estimate of drug-likeness (QED) is 0.235. The van der Waals surface area contributed by atoms with Gasteiger partial charge >= 0.3 is 12.1 Å². The topological polar surface area (TPSA) is 90.6 Å². The van der Waals surface area contributed by atoms with E-state index in [-0.39, 0.29) is 6.61 Å². The first kappa shape index (κ1) is 23.2. The van der Waals surface area contributed by atoms with Gasteiger partial charge in [-0.15, -0.1) is 23.1 Å². The second kappa shape index (κ2) is 11.2. The second-order valence-corrected chi connectivity index (χ2v) is 9.49. The highest BCUT2D eigenvalue weighted by atomic mass is 79.9. The SMILES string of the molecule is COC(=O)[C@@H](NC(=O)OCc1ccccc1)C(Sc1ccccc1N)c1cc(Br)cs1. The van der Waals surface area contributed by atoms with Gasteiger partial charge < -0.3 is 20.5 Å². The Morgan fingerprint density at radius 2 is 1.87 bits per heavy atom. The molecule has 3 rings (SSSR count). The number of thioether (sulfide) groups is 1. The number of hydrogen-bond donors (Lipinski definition) is 2. The number of methoxy groups -OCH3 is 1. The Bertz CT molecular complexity index is 1030. The van der Waals surface area contributed by atoms with Crippen molar-refractivity contribution in [2.45, 2.75) is 22.8 Å². The number of thiophene rings is 1. The first-order valence-electron chi connectivity index (χ1n) is 9.28. The van der Waals surface area contributed by atoms with Crippen LogP contribution >= 0.6 is 39.0 Å². The van der Waals surface area contributed by atoms with Gasteiger partial charge in [-0.05, 0) is 39.7 Å². The molecule has 3 N–H and O–H groups in total. The number of nitrogen functional groups attached to an aromatic ring is 1. The van der Waals surface area contributed by atoms with Crippen molar-refractivity contribution in [2.75, 3.05) is 12.8 Å². The number of rotatable bonds is 8. The number of carbonyl (C=O) groups excluding carboxylic acids is 2. The highest BCUT2D eigenvalue weighted by Crippen LogP contribution is 2.43. The number of nitrogens with one attached hydrogen (secondary N) is 1. The van der Waals surface area contributed by atoms with Gasteiger partial charge in [-0.25, -0.2) is 9.59 Å². The zero-order chi connectivity index (χ0) is 22.2. The molecule has 0 aliphatic rings.